The number of imidazole rings is 1. The fourth-order valence-corrected chi connectivity index (χ4v) is 3.05. The van der Waals surface area contributed by atoms with Crippen LogP contribution < -0.4 is 0 Å². The molecule has 2 aromatic heterocycles. The van der Waals surface area contributed by atoms with Crippen LogP contribution >= 0.6 is 11.3 Å². The monoisotopic (exact) mass is 301 g/mol. The number of nitrogens with zero attached hydrogens (tertiary/aromatic N) is 3. The second-order valence-corrected chi connectivity index (χ2v) is 6.09. The third-order valence-electron chi connectivity index (χ3n) is 3.32. The van der Waals surface area contributed by atoms with Gasteiger partial charge in [-0.2, -0.15) is 0 Å². The normalized spacial score (nSPS) is 11.4. The van der Waals surface area contributed by atoms with E-state index in [2.05, 4.69) is 23.8 Å². The molecule has 21 heavy (non-hydrogen) atoms. The van der Waals surface area contributed by atoms with E-state index >= 15 is 0 Å². The van der Waals surface area contributed by atoms with Crippen molar-refractivity contribution >= 4 is 28.3 Å². The molecule has 0 bridgehead atoms. The lowest BCUT2D eigenvalue weighted by Gasteiger charge is -2.11. The van der Waals surface area contributed by atoms with Crippen LogP contribution in [0.15, 0.2) is 29.8 Å². The van der Waals surface area contributed by atoms with Gasteiger partial charge < -0.3 is 9.67 Å². The lowest BCUT2D eigenvalue weighted by molar-refractivity contribution is 0.0698. The molecule has 0 saturated heterocycles. The maximum Gasteiger partial charge on any atom is 0.337 e. The minimum Gasteiger partial charge on any atom is -0.478 e. The van der Waals surface area contributed by atoms with Crippen molar-refractivity contribution in [1.29, 1.82) is 0 Å². The zero-order chi connectivity index (χ0) is 15.0. The number of aromatic carboxylic acids is 1. The molecular formula is C15H15N3O2S. The molecule has 0 aliphatic rings. The van der Waals surface area contributed by atoms with E-state index in [0.717, 1.165) is 16.3 Å². The Kier molecular flexibility index (Phi) is 3.47. The van der Waals surface area contributed by atoms with Gasteiger partial charge in [0.15, 0.2) is 0 Å². The van der Waals surface area contributed by atoms with Crippen molar-refractivity contribution in [2.45, 2.75) is 26.3 Å². The van der Waals surface area contributed by atoms with Gasteiger partial charge in [0.1, 0.15) is 10.8 Å². The van der Waals surface area contributed by atoms with Crippen LogP contribution in [0.5, 0.6) is 0 Å². The van der Waals surface area contributed by atoms with Gasteiger partial charge in [-0.15, -0.1) is 11.3 Å². The van der Waals surface area contributed by atoms with E-state index in [9.17, 15) is 9.90 Å². The second kappa shape index (κ2) is 5.29. The molecule has 0 saturated carbocycles. The molecule has 0 fully saturated rings. The quantitative estimate of drug-likeness (QED) is 0.802. The van der Waals surface area contributed by atoms with Gasteiger partial charge >= 0.3 is 5.97 Å². The Hall–Kier alpha value is -2.21. The molecule has 3 rings (SSSR count). The topological polar surface area (TPSA) is 68.0 Å². The molecular weight excluding hydrogens is 286 g/mol. The fourth-order valence-electron chi connectivity index (χ4n) is 2.44. The van der Waals surface area contributed by atoms with Crippen molar-refractivity contribution in [2.24, 2.45) is 0 Å². The molecule has 0 aliphatic carbocycles. The first-order valence-electron chi connectivity index (χ1n) is 6.68. The predicted octanol–water partition coefficient (Wildman–Crippen LogP) is 3.36. The molecule has 0 unspecified atom stereocenters. The number of thiazole rings is 1. The number of rotatable bonds is 4. The van der Waals surface area contributed by atoms with Crippen molar-refractivity contribution in [3.8, 4) is 0 Å². The minimum absolute atomic E-state index is 0.207. The van der Waals surface area contributed by atoms with Crippen LogP contribution in [-0.2, 0) is 6.54 Å². The van der Waals surface area contributed by atoms with Gasteiger partial charge in [-0.25, -0.2) is 14.8 Å². The molecule has 0 atom stereocenters. The summed E-state index contributed by atoms with van der Waals surface area (Å²) in [5, 5.41) is 12.3. The molecule has 2 heterocycles. The van der Waals surface area contributed by atoms with E-state index in [1.807, 2.05) is 16.0 Å². The van der Waals surface area contributed by atoms with Crippen LogP contribution in [0.1, 0.15) is 41.0 Å². The Morgan fingerprint density at radius 3 is 2.86 bits per heavy atom. The molecule has 1 N–H and O–H groups in total. The number of carboxylic acids is 1. The van der Waals surface area contributed by atoms with Crippen molar-refractivity contribution < 1.29 is 9.90 Å². The number of para-hydroxylation sites is 1. The number of aromatic nitrogens is 3. The first-order valence-corrected chi connectivity index (χ1v) is 7.56. The first kappa shape index (κ1) is 13.8. The maximum atomic E-state index is 11.5. The summed E-state index contributed by atoms with van der Waals surface area (Å²) in [6.45, 7) is 4.66. The van der Waals surface area contributed by atoms with Crippen LogP contribution in [-0.4, -0.2) is 25.6 Å². The highest BCUT2D eigenvalue weighted by atomic mass is 32.1. The minimum atomic E-state index is -0.934. The number of fused-ring (bicyclic) bond motifs is 1. The van der Waals surface area contributed by atoms with E-state index < -0.39 is 5.97 Å². The number of carbonyl (C=O) groups is 1. The fraction of sp³-hybridized carbons (Fsp3) is 0.267. The second-order valence-electron chi connectivity index (χ2n) is 5.12. The largest absolute Gasteiger partial charge is 0.478 e. The van der Waals surface area contributed by atoms with Crippen molar-refractivity contribution in [1.82, 2.24) is 14.5 Å². The molecule has 0 spiro atoms. The average Bonchev–Trinajstić information content (AvgIpc) is 3.07. The Labute approximate surface area is 125 Å². The van der Waals surface area contributed by atoms with E-state index in [-0.39, 0.29) is 11.5 Å². The number of benzene rings is 1. The van der Waals surface area contributed by atoms with Gasteiger partial charge in [0.05, 0.1) is 23.1 Å². The lowest BCUT2D eigenvalue weighted by Crippen LogP contribution is -2.09. The van der Waals surface area contributed by atoms with Crippen molar-refractivity contribution in [3.05, 3.63) is 46.2 Å². The van der Waals surface area contributed by atoms with Gasteiger partial charge in [-0.05, 0) is 12.1 Å². The lowest BCUT2D eigenvalue weighted by atomic mass is 10.2. The van der Waals surface area contributed by atoms with E-state index in [4.69, 9.17) is 0 Å². The summed E-state index contributed by atoms with van der Waals surface area (Å²) in [5.41, 5.74) is 1.67. The molecule has 108 valence electrons. The molecule has 0 radical (unpaired) electrons. The van der Waals surface area contributed by atoms with Crippen LogP contribution in [0.25, 0.3) is 11.0 Å². The van der Waals surface area contributed by atoms with Crippen molar-refractivity contribution in [2.75, 3.05) is 0 Å². The maximum absolute atomic E-state index is 11.5. The Bertz CT molecular complexity index is 791. The summed E-state index contributed by atoms with van der Waals surface area (Å²) >= 11 is 1.56. The summed E-state index contributed by atoms with van der Waals surface area (Å²) in [4.78, 5) is 20.4. The highest BCUT2D eigenvalue weighted by Crippen LogP contribution is 2.26. The molecule has 0 aliphatic heterocycles. The highest BCUT2D eigenvalue weighted by Gasteiger charge is 2.19. The molecule has 1 aromatic carbocycles. The van der Waals surface area contributed by atoms with Crippen LogP contribution in [0, 0.1) is 0 Å². The third-order valence-corrected chi connectivity index (χ3v) is 4.08. The molecule has 5 nitrogen and oxygen atoms in total. The first-order chi connectivity index (χ1) is 10.1. The van der Waals surface area contributed by atoms with Gasteiger partial charge in [0, 0.05) is 17.5 Å². The third kappa shape index (κ3) is 2.42. The van der Waals surface area contributed by atoms with Gasteiger partial charge in [0.25, 0.3) is 0 Å². The molecule has 0 amide bonds. The zero-order valence-corrected chi connectivity index (χ0v) is 12.6. The summed E-state index contributed by atoms with van der Waals surface area (Å²) in [6.07, 6.45) is 1.76. The Morgan fingerprint density at radius 1 is 1.43 bits per heavy atom. The summed E-state index contributed by atoms with van der Waals surface area (Å²) in [6, 6.07) is 5.21. The zero-order valence-electron chi connectivity index (χ0n) is 11.8. The standard InChI is InChI=1S/C15H15N3O2S/c1-9(2)14-17-11-5-3-4-10(15(19)20)13(11)18(14)8-12-16-6-7-21-12/h3-7,9H,8H2,1-2H3,(H,19,20). The van der Waals surface area contributed by atoms with E-state index in [0.29, 0.717) is 12.1 Å². The van der Waals surface area contributed by atoms with Crippen molar-refractivity contribution in [3.63, 3.8) is 0 Å². The van der Waals surface area contributed by atoms with Gasteiger partial charge in [-0.3, -0.25) is 0 Å². The number of hydrogen-bond acceptors (Lipinski definition) is 4. The van der Waals surface area contributed by atoms with E-state index in [1.54, 1.807) is 29.7 Å². The van der Waals surface area contributed by atoms with Crippen LogP contribution in [0.3, 0.4) is 0 Å². The van der Waals surface area contributed by atoms with E-state index in [1.165, 1.54) is 0 Å². The number of carboxylic acid groups (broad SMARTS) is 1. The van der Waals surface area contributed by atoms with Gasteiger partial charge in [-0.1, -0.05) is 19.9 Å². The smallest absolute Gasteiger partial charge is 0.337 e. The molecule has 6 heteroatoms. The SMILES string of the molecule is CC(C)c1nc2cccc(C(=O)O)c2n1Cc1nccs1. The number of hydrogen-bond donors (Lipinski definition) is 1. The highest BCUT2D eigenvalue weighted by molar-refractivity contribution is 7.09. The predicted molar refractivity (Wildman–Crippen MR) is 82.0 cm³/mol. The van der Waals surface area contributed by atoms with Gasteiger partial charge in [0.2, 0.25) is 0 Å². The molecule has 3 aromatic rings. The van der Waals surface area contributed by atoms with Crippen LogP contribution in [0.2, 0.25) is 0 Å². The summed E-state index contributed by atoms with van der Waals surface area (Å²) in [7, 11) is 0. The Morgan fingerprint density at radius 2 is 2.24 bits per heavy atom. The summed E-state index contributed by atoms with van der Waals surface area (Å²) < 4.78 is 1.97. The summed E-state index contributed by atoms with van der Waals surface area (Å²) in [5.74, 6) is 0.157. The Balaban J connectivity index is 2.26. The van der Waals surface area contributed by atoms with Crippen LogP contribution in [0.4, 0.5) is 0 Å². The average molecular weight is 301 g/mol.